The fourth-order valence-electron chi connectivity index (χ4n) is 0.714. The van der Waals surface area contributed by atoms with Crippen molar-refractivity contribution in [2.45, 2.75) is 18.4 Å². The summed E-state index contributed by atoms with van der Waals surface area (Å²) in [4.78, 5) is 30.5. The Morgan fingerprint density at radius 1 is 0.692 bits per heavy atom. The monoisotopic (exact) mass is 442 g/mol. The minimum Gasteiger partial charge on any atom is -0.481 e. The largest absolute Gasteiger partial charge is 0.481 e. The van der Waals surface area contributed by atoms with E-state index in [1.807, 2.05) is 0 Å². The molecular weight excluding hydrogens is 416 g/mol. The van der Waals surface area contributed by atoms with Crippen molar-refractivity contribution in [1.82, 2.24) is 0 Å². The summed E-state index contributed by atoms with van der Waals surface area (Å²) in [6.45, 7) is 0. The number of hydrogen-bond acceptors (Lipinski definition) is 6. The molecule has 0 atom stereocenters. The molecule has 0 aromatic rings. The Kier molecular flexibility index (Phi) is 64.1. The van der Waals surface area contributed by atoms with Gasteiger partial charge in [0.25, 0.3) is 0 Å². The van der Waals surface area contributed by atoms with Gasteiger partial charge in [-0.3, -0.25) is 18.7 Å². The van der Waals surface area contributed by atoms with Gasteiger partial charge in [-0.1, -0.05) is 0 Å². The predicted molar refractivity (Wildman–Crippen MR) is 85.1 cm³/mol. The lowest BCUT2D eigenvalue weighted by molar-refractivity contribution is -0.170. The van der Waals surface area contributed by atoms with Crippen LogP contribution in [0.15, 0.2) is 0 Å². The van der Waals surface area contributed by atoms with E-state index >= 15 is 0 Å². The van der Waals surface area contributed by atoms with Gasteiger partial charge in [0, 0.05) is 0 Å². The summed E-state index contributed by atoms with van der Waals surface area (Å²) < 4.78 is 31.6. The third kappa shape index (κ3) is 49.5. The molecule has 0 saturated heterocycles. The molecule has 0 radical (unpaired) electrons. The zero-order valence-corrected chi connectivity index (χ0v) is 12.9. The molecule has 0 rings (SSSR count). The van der Waals surface area contributed by atoms with Crippen LogP contribution in [0, 0.1) is 0 Å². The molecule has 20 N–H and O–H groups in total. The van der Waals surface area contributed by atoms with E-state index in [0.29, 0.717) is 0 Å². The standard InChI is InChI=1S/C6H8O7.Mg.H2O4S.7H2O.2H/c7-3(8)1-6(13,5(11)12)2-4(9)10;;1-5(2,3)4;;;;;;;;;/h13H,1-2H2,(H,7,8)(H,9,10)(H,11,12);;(H2,1,2,3,4);7*1H2;;. The third-order valence-corrected chi connectivity index (χ3v) is 1.29. The number of aliphatic carboxylic acids is 3. The number of rotatable bonds is 5. The molecule has 26 heavy (non-hydrogen) atoms. The first-order valence-corrected chi connectivity index (χ1v) is 5.27. The van der Waals surface area contributed by atoms with Crippen molar-refractivity contribution >= 4 is 51.4 Å². The first kappa shape index (κ1) is 64.2. The molecule has 0 bridgehead atoms. The van der Waals surface area contributed by atoms with Gasteiger partial charge >= 0.3 is 51.4 Å². The summed E-state index contributed by atoms with van der Waals surface area (Å²) in [5, 5.41) is 33.8. The van der Waals surface area contributed by atoms with Crippen LogP contribution >= 0.6 is 0 Å². The van der Waals surface area contributed by atoms with Crippen molar-refractivity contribution in [2.75, 3.05) is 0 Å². The lowest BCUT2D eigenvalue weighted by atomic mass is 9.96. The van der Waals surface area contributed by atoms with Gasteiger partial charge < -0.3 is 58.8 Å². The maximum absolute atomic E-state index is 10.3. The van der Waals surface area contributed by atoms with Gasteiger partial charge in [0.15, 0.2) is 5.60 Å². The maximum atomic E-state index is 10.3. The average molecular weight is 443 g/mol. The first-order chi connectivity index (χ1) is 7.78. The van der Waals surface area contributed by atoms with E-state index in [9.17, 15) is 14.4 Å². The molecule has 0 heterocycles. The fourth-order valence-corrected chi connectivity index (χ4v) is 0.714. The van der Waals surface area contributed by atoms with Gasteiger partial charge in [-0.25, -0.2) is 4.79 Å². The number of carboxylic acid groups (broad SMARTS) is 3. The molecule has 0 spiro atoms. The molecule has 0 saturated carbocycles. The Labute approximate surface area is 160 Å². The average Bonchev–Trinajstić information content (AvgIpc) is 1.95. The van der Waals surface area contributed by atoms with Gasteiger partial charge in [-0.05, 0) is 0 Å². The summed E-state index contributed by atoms with van der Waals surface area (Å²) in [5.74, 6) is -5.02. The molecule has 20 heteroatoms. The van der Waals surface area contributed by atoms with E-state index in [-0.39, 0.29) is 61.4 Å². The van der Waals surface area contributed by atoms with Gasteiger partial charge in [0.2, 0.25) is 0 Å². The zero-order valence-electron chi connectivity index (χ0n) is 12.0. The minimum atomic E-state index is -4.67. The van der Waals surface area contributed by atoms with Crippen molar-refractivity contribution < 1.29 is 90.7 Å². The SMILES string of the molecule is O.O.O.O.O.O.O.O=C(O)CC(O)(CC(=O)O)C(=O)O.O=S(=O)(O)O.[MgH2]. The van der Waals surface area contributed by atoms with Crippen LogP contribution in [0.3, 0.4) is 0 Å². The molecule has 18 nitrogen and oxygen atoms in total. The number of hydrogen-bond donors (Lipinski definition) is 6. The number of aliphatic hydroxyl groups is 1. The maximum Gasteiger partial charge on any atom is 0.394 e. The normalized spacial score (nSPS) is 7.65. The molecule has 0 aromatic carbocycles. The molecule has 0 fully saturated rings. The highest BCUT2D eigenvalue weighted by Crippen LogP contribution is 2.15. The van der Waals surface area contributed by atoms with E-state index in [2.05, 4.69) is 0 Å². The van der Waals surface area contributed by atoms with E-state index < -0.39 is 46.7 Å². The zero-order chi connectivity index (χ0) is 15.1. The van der Waals surface area contributed by atoms with Crippen LogP contribution in [0.2, 0.25) is 0 Å². The Balaban J connectivity index is -0.0000000223. The van der Waals surface area contributed by atoms with Crippen LogP contribution in [0.5, 0.6) is 0 Å². The second-order valence-electron chi connectivity index (χ2n) is 2.93. The Morgan fingerprint density at radius 3 is 0.923 bits per heavy atom. The van der Waals surface area contributed by atoms with E-state index in [0.717, 1.165) is 0 Å². The lowest BCUT2D eigenvalue weighted by Gasteiger charge is -2.18. The van der Waals surface area contributed by atoms with Crippen molar-refractivity contribution in [3.63, 3.8) is 0 Å². The van der Waals surface area contributed by atoms with Crippen LogP contribution < -0.4 is 0 Å². The Bertz CT molecular complexity index is 407. The van der Waals surface area contributed by atoms with Crippen LogP contribution in [-0.4, -0.2) is 123 Å². The van der Waals surface area contributed by atoms with Crippen molar-refractivity contribution in [3.8, 4) is 0 Å². The summed E-state index contributed by atoms with van der Waals surface area (Å²) in [6, 6.07) is 0. The Morgan fingerprint density at radius 2 is 0.846 bits per heavy atom. The summed E-state index contributed by atoms with van der Waals surface area (Å²) >= 11 is 0. The summed E-state index contributed by atoms with van der Waals surface area (Å²) in [5.41, 5.74) is -2.74. The second kappa shape index (κ2) is 26.0. The van der Waals surface area contributed by atoms with E-state index in [4.69, 9.17) is 37.9 Å². The summed E-state index contributed by atoms with van der Waals surface area (Å²) in [7, 11) is -4.67. The smallest absolute Gasteiger partial charge is 0.394 e. The highest BCUT2D eigenvalue weighted by Gasteiger charge is 2.40. The third-order valence-electron chi connectivity index (χ3n) is 1.29. The second-order valence-corrected chi connectivity index (χ2v) is 3.82. The molecule has 166 valence electrons. The van der Waals surface area contributed by atoms with Crippen molar-refractivity contribution in [2.24, 2.45) is 0 Å². The van der Waals surface area contributed by atoms with Gasteiger partial charge in [0.1, 0.15) is 0 Å². The molecule has 0 aliphatic carbocycles. The minimum absolute atomic E-state index is 0. The lowest BCUT2D eigenvalue weighted by Crippen LogP contribution is -2.42. The van der Waals surface area contributed by atoms with E-state index in [1.165, 1.54) is 0 Å². The fraction of sp³-hybridized carbons (Fsp3) is 0.500. The van der Waals surface area contributed by atoms with Crippen LogP contribution in [0.1, 0.15) is 12.8 Å². The number of carboxylic acids is 3. The highest BCUT2D eigenvalue weighted by molar-refractivity contribution is 7.79. The van der Waals surface area contributed by atoms with Gasteiger partial charge in [0.05, 0.1) is 12.8 Å². The predicted octanol–water partition coefficient (Wildman–Crippen LogP) is -8.59. The summed E-state index contributed by atoms with van der Waals surface area (Å²) in [6.07, 6.45) is -2.29. The van der Waals surface area contributed by atoms with Crippen LogP contribution in [0.25, 0.3) is 0 Å². The van der Waals surface area contributed by atoms with Crippen molar-refractivity contribution in [3.05, 3.63) is 0 Å². The first-order valence-electron chi connectivity index (χ1n) is 3.87. The molecular formula is C6H26MgO18S. The topological polar surface area (TPSA) is 427 Å². The highest BCUT2D eigenvalue weighted by atomic mass is 32.3. The van der Waals surface area contributed by atoms with Gasteiger partial charge in [-0.2, -0.15) is 8.42 Å². The van der Waals surface area contributed by atoms with Crippen LogP contribution in [0.4, 0.5) is 0 Å². The molecule has 0 aromatic heterocycles. The molecule has 0 unspecified atom stereocenters. The number of carbonyl (C=O) groups is 3. The quantitative estimate of drug-likeness (QED) is 0.171. The molecule has 0 aliphatic heterocycles. The van der Waals surface area contributed by atoms with Crippen LogP contribution in [-0.2, 0) is 24.8 Å². The van der Waals surface area contributed by atoms with Gasteiger partial charge in [-0.15, -0.1) is 0 Å². The van der Waals surface area contributed by atoms with Crippen molar-refractivity contribution in [1.29, 1.82) is 0 Å². The molecule has 0 amide bonds. The molecule has 0 aliphatic rings. The Hall–Kier alpha value is -1.27. The van der Waals surface area contributed by atoms with E-state index in [1.54, 1.807) is 0 Å².